The third-order valence-corrected chi connectivity index (χ3v) is 10.1. The lowest BCUT2D eigenvalue weighted by atomic mass is 9.73. The fourth-order valence-corrected chi connectivity index (χ4v) is 7.25. The molecule has 1 aliphatic carbocycles. The van der Waals surface area contributed by atoms with Gasteiger partial charge in [-0.25, -0.2) is 13.6 Å². The number of nitrogens with two attached hydrogens (primary N) is 1. The number of hydrogen-bond donors (Lipinski definition) is 4. The molecule has 6 rings (SSSR count). The molecule has 5 N–H and O–H groups in total. The second-order valence-electron chi connectivity index (χ2n) is 13.4. The van der Waals surface area contributed by atoms with E-state index in [0.29, 0.717) is 47.0 Å². The Balaban J connectivity index is 1.36. The van der Waals surface area contributed by atoms with E-state index in [1.807, 2.05) is 44.2 Å². The van der Waals surface area contributed by atoms with Gasteiger partial charge in [0.05, 0.1) is 16.6 Å². The normalized spacial score (nSPS) is 16.7. The summed E-state index contributed by atoms with van der Waals surface area (Å²) < 4.78 is 29.2. The summed E-state index contributed by atoms with van der Waals surface area (Å²) in [6.45, 7) is 4.28. The van der Waals surface area contributed by atoms with Crippen LogP contribution in [0.3, 0.4) is 0 Å². The van der Waals surface area contributed by atoms with Crippen LogP contribution in [0.1, 0.15) is 56.7 Å². The van der Waals surface area contributed by atoms with Crippen molar-refractivity contribution in [3.8, 4) is 11.5 Å². The van der Waals surface area contributed by atoms with Crippen molar-refractivity contribution < 1.29 is 32.6 Å². The van der Waals surface area contributed by atoms with E-state index in [0.717, 1.165) is 5.56 Å². The zero-order chi connectivity index (χ0) is 36.5. The Bertz CT molecular complexity index is 2150. The second-order valence-corrected chi connectivity index (χ2v) is 15.3. The molecule has 0 radical (unpaired) electrons. The van der Waals surface area contributed by atoms with Crippen molar-refractivity contribution in [2.24, 2.45) is 10.6 Å². The number of phenols is 1. The summed E-state index contributed by atoms with van der Waals surface area (Å²) >= 11 is 6.99. The van der Waals surface area contributed by atoms with Gasteiger partial charge in [0.2, 0.25) is 21.8 Å². The van der Waals surface area contributed by atoms with Gasteiger partial charge < -0.3 is 20.5 Å². The average molecular weight is 729 g/mol. The number of Topliss-reactive ketones (excluding diaryl/α,β-unsaturated/α-hetero) is 1. The zero-order valence-corrected chi connectivity index (χ0v) is 29.6. The molecule has 264 valence electrons. The average Bonchev–Trinajstić information content (AvgIpc) is 3.21. The number of fused-ring (bicyclic) bond motifs is 1. The first-order valence-electron chi connectivity index (χ1n) is 16.3. The maximum absolute atomic E-state index is 14.4. The molecule has 4 aromatic carbocycles. The summed E-state index contributed by atoms with van der Waals surface area (Å²) in [6, 6.07) is 23.8. The van der Waals surface area contributed by atoms with Gasteiger partial charge in [-0.2, -0.15) is 0 Å². The van der Waals surface area contributed by atoms with Crippen LogP contribution in [0.5, 0.6) is 11.5 Å². The van der Waals surface area contributed by atoms with Crippen LogP contribution in [0, 0.1) is 5.41 Å². The van der Waals surface area contributed by atoms with Crippen LogP contribution in [0.15, 0.2) is 107 Å². The number of benzene rings is 4. The first-order chi connectivity index (χ1) is 24.2. The molecule has 1 unspecified atom stereocenters. The standard InChI is InChI=1S/C38H37ClN4O7S/c1-38(2)20-29-35(32(45)21-38)37(27-16-13-25(19-28(27)39)50-22-23-7-4-3-5-8-23)43(30-9-6-10-31(44)36(30)42-29)34(47)18-17-33(46)41-24-11-14-26(15-12-24)51(40,48)49/h3-16,19,37,42,44H,17-18,20-22H2,1-2H3,(H,41,46)(H2,40,48,49). The van der Waals surface area contributed by atoms with Gasteiger partial charge in [0.25, 0.3) is 0 Å². The Morgan fingerprint density at radius 1 is 1.00 bits per heavy atom. The van der Waals surface area contributed by atoms with Gasteiger partial charge in [0.15, 0.2) is 5.78 Å². The van der Waals surface area contributed by atoms with E-state index < -0.39 is 33.3 Å². The molecule has 51 heavy (non-hydrogen) atoms. The number of anilines is 3. The Morgan fingerprint density at radius 2 is 1.73 bits per heavy atom. The van der Waals surface area contributed by atoms with Crippen LogP contribution in [0.25, 0.3) is 0 Å². The summed E-state index contributed by atoms with van der Waals surface area (Å²) in [4.78, 5) is 42.9. The van der Waals surface area contributed by atoms with E-state index in [9.17, 15) is 27.9 Å². The molecule has 2 amide bonds. The number of rotatable bonds is 9. The monoisotopic (exact) mass is 728 g/mol. The van der Waals surface area contributed by atoms with Crippen molar-refractivity contribution in [3.63, 3.8) is 0 Å². The molecule has 13 heteroatoms. The van der Waals surface area contributed by atoms with E-state index in [-0.39, 0.29) is 46.4 Å². The highest BCUT2D eigenvalue weighted by Gasteiger charge is 2.44. The Labute approximate surface area is 301 Å². The zero-order valence-electron chi connectivity index (χ0n) is 28.0. The number of nitrogens with zero attached hydrogens (tertiary/aromatic N) is 1. The van der Waals surface area contributed by atoms with Gasteiger partial charge >= 0.3 is 0 Å². The molecule has 0 bridgehead atoms. The molecule has 1 aliphatic heterocycles. The van der Waals surface area contributed by atoms with Crippen LogP contribution >= 0.6 is 11.6 Å². The number of carbonyl (C=O) groups is 3. The summed E-state index contributed by atoms with van der Waals surface area (Å²) in [5.41, 5.74) is 2.83. The maximum Gasteiger partial charge on any atom is 0.238 e. The van der Waals surface area contributed by atoms with E-state index in [1.165, 1.54) is 35.2 Å². The van der Waals surface area contributed by atoms with Crippen LogP contribution in [-0.2, 0) is 31.0 Å². The lowest BCUT2D eigenvalue weighted by Gasteiger charge is -2.37. The topological polar surface area (TPSA) is 168 Å². The third kappa shape index (κ3) is 7.93. The third-order valence-electron chi connectivity index (χ3n) is 8.82. The molecular formula is C38H37ClN4O7S. The van der Waals surface area contributed by atoms with Crippen molar-refractivity contribution in [1.29, 1.82) is 0 Å². The lowest BCUT2D eigenvalue weighted by molar-refractivity contribution is -0.123. The molecule has 0 spiro atoms. The molecule has 0 fully saturated rings. The number of sulfonamides is 1. The van der Waals surface area contributed by atoms with E-state index in [4.69, 9.17) is 21.5 Å². The number of amides is 2. The quantitative estimate of drug-likeness (QED) is 0.136. The first kappa shape index (κ1) is 35.6. The highest BCUT2D eigenvalue weighted by molar-refractivity contribution is 7.89. The number of phenolic OH excluding ortho intramolecular Hbond substituents is 1. The number of nitrogens with one attached hydrogen (secondary N) is 2. The van der Waals surface area contributed by atoms with Crippen LogP contribution in [0.4, 0.5) is 17.1 Å². The van der Waals surface area contributed by atoms with E-state index in [1.54, 1.807) is 30.3 Å². The molecule has 1 atom stereocenters. The van der Waals surface area contributed by atoms with Gasteiger partial charge in [0, 0.05) is 41.2 Å². The van der Waals surface area contributed by atoms with E-state index >= 15 is 0 Å². The molecule has 11 nitrogen and oxygen atoms in total. The number of hydrogen-bond acceptors (Lipinski definition) is 8. The molecule has 0 saturated heterocycles. The summed E-state index contributed by atoms with van der Waals surface area (Å²) in [6.07, 6.45) is 0.165. The van der Waals surface area contributed by atoms with Crippen molar-refractivity contribution >= 4 is 56.3 Å². The minimum Gasteiger partial charge on any atom is -0.506 e. The fourth-order valence-electron chi connectivity index (χ4n) is 6.47. The fraction of sp³-hybridized carbons (Fsp3) is 0.237. The van der Waals surface area contributed by atoms with Crippen LogP contribution in [-0.4, -0.2) is 31.1 Å². The maximum atomic E-state index is 14.4. The summed E-state index contributed by atoms with van der Waals surface area (Å²) in [7, 11) is -3.91. The highest BCUT2D eigenvalue weighted by atomic mass is 35.5. The lowest BCUT2D eigenvalue weighted by Crippen LogP contribution is -2.40. The highest BCUT2D eigenvalue weighted by Crippen LogP contribution is 2.51. The molecule has 0 saturated carbocycles. The van der Waals surface area contributed by atoms with Gasteiger partial charge in [-0.05, 0) is 71.5 Å². The minimum atomic E-state index is -3.91. The number of ketones is 1. The van der Waals surface area contributed by atoms with Crippen LogP contribution in [0.2, 0.25) is 5.02 Å². The SMILES string of the molecule is CC1(C)CC(=O)C2=C(C1)Nc1c(O)cccc1N(C(=O)CCC(=O)Nc1ccc(S(N)(=O)=O)cc1)C2c1ccc(OCc2ccccc2)cc1Cl. The van der Waals surface area contributed by atoms with Crippen LogP contribution < -0.4 is 25.4 Å². The van der Waals surface area contributed by atoms with Crippen molar-refractivity contribution in [1.82, 2.24) is 0 Å². The predicted octanol–water partition coefficient (Wildman–Crippen LogP) is 6.83. The number of ether oxygens (including phenoxy) is 1. The summed E-state index contributed by atoms with van der Waals surface area (Å²) in [5, 5.41) is 22.5. The van der Waals surface area contributed by atoms with Gasteiger partial charge in [-0.3, -0.25) is 19.3 Å². The van der Waals surface area contributed by atoms with Gasteiger partial charge in [-0.15, -0.1) is 0 Å². The number of primary sulfonamides is 1. The molecule has 4 aromatic rings. The van der Waals surface area contributed by atoms with Crippen molar-refractivity contribution in [2.75, 3.05) is 15.5 Å². The molecular weight excluding hydrogens is 692 g/mol. The number of aromatic hydroxyl groups is 1. The Morgan fingerprint density at radius 3 is 2.41 bits per heavy atom. The molecule has 0 aromatic heterocycles. The minimum absolute atomic E-state index is 0.109. The van der Waals surface area contributed by atoms with Crippen molar-refractivity contribution in [2.45, 2.75) is 57.1 Å². The van der Waals surface area contributed by atoms with Gasteiger partial charge in [-0.1, -0.05) is 67.9 Å². The number of allylic oxidation sites excluding steroid dienone is 1. The van der Waals surface area contributed by atoms with Crippen molar-refractivity contribution in [3.05, 3.63) is 118 Å². The Kier molecular flexibility index (Phi) is 9.94. The second kappa shape index (κ2) is 14.2. The first-order valence-corrected chi connectivity index (χ1v) is 18.2. The molecule has 1 heterocycles. The molecule has 2 aliphatic rings. The largest absolute Gasteiger partial charge is 0.506 e. The predicted molar refractivity (Wildman–Crippen MR) is 195 cm³/mol. The van der Waals surface area contributed by atoms with Gasteiger partial charge in [0.1, 0.15) is 23.8 Å². The number of para-hydroxylation sites is 1. The van der Waals surface area contributed by atoms with E-state index in [2.05, 4.69) is 10.6 Å². The number of halogens is 1. The Hall–Kier alpha value is -5.17. The smallest absolute Gasteiger partial charge is 0.238 e. The number of carbonyl (C=O) groups excluding carboxylic acids is 3. The summed E-state index contributed by atoms with van der Waals surface area (Å²) in [5.74, 6) is -0.801.